The van der Waals surface area contributed by atoms with Crippen LogP contribution in [0.2, 0.25) is 0 Å². The Balaban J connectivity index is 1.70. The Morgan fingerprint density at radius 1 is 1.40 bits per heavy atom. The molecule has 1 unspecified atom stereocenters. The molecule has 6 nitrogen and oxygen atoms in total. The van der Waals surface area contributed by atoms with Crippen LogP contribution in [-0.2, 0) is 11.2 Å². The van der Waals surface area contributed by atoms with Crippen molar-refractivity contribution in [1.29, 1.82) is 0 Å². The van der Waals surface area contributed by atoms with Gasteiger partial charge in [0.15, 0.2) is 0 Å². The number of hydrogen-bond donors (Lipinski definition) is 1. The number of carbonyl (C=O) groups excluding carboxylic acids is 1. The van der Waals surface area contributed by atoms with Gasteiger partial charge in [0.25, 0.3) is 0 Å². The molecule has 25 heavy (non-hydrogen) atoms. The predicted octanol–water partition coefficient (Wildman–Crippen LogP) is 2.84. The van der Waals surface area contributed by atoms with Gasteiger partial charge in [-0.3, -0.25) is 14.8 Å². The summed E-state index contributed by atoms with van der Waals surface area (Å²) in [5.74, 6) is 1.49. The smallest absolute Gasteiger partial charge is 0.220 e. The molecule has 132 valence electrons. The van der Waals surface area contributed by atoms with Gasteiger partial charge in [0.05, 0.1) is 18.8 Å². The summed E-state index contributed by atoms with van der Waals surface area (Å²) in [6.45, 7) is 4.04. The minimum atomic E-state index is -0.359. The molecule has 0 saturated carbocycles. The average Bonchev–Trinajstić information content (AvgIpc) is 2.59. The zero-order chi connectivity index (χ0) is 17.9. The van der Waals surface area contributed by atoms with Crippen LogP contribution in [0.3, 0.4) is 0 Å². The molecular weight excluding hydrogens is 318 g/mol. The number of rotatable bonds is 5. The normalized spacial score (nSPS) is 18.0. The number of carbonyl (C=O) groups is 1. The maximum Gasteiger partial charge on any atom is 0.220 e. The molecule has 0 bridgehead atoms. The van der Waals surface area contributed by atoms with Gasteiger partial charge in [-0.15, -0.1) is 0 Å². The van der Waals surface area contributed by atoms with Crippen LogP contribution in [0.25, 0.3) is 0 Å². The van der Waals surface area contributed by atoms with Crippen LogP contribution in [0.1, 0.15) is 44.0 Å². The van der Waals surface area contributed by atoms with Gasteiger partial charge in [0.2, 0.25) is 5.91 Å². The first-order chi connectivity index (χ1) is 12.0. The van der Waals surface area contributed by atoms with Crippen molar-refractivity contribution in [2.45, 2.75) is 44.8 Å². The molecule has 1 aliphatic heterocycles. The first-order valence-corrected chi connectivity index (χ1v) is 8.38. The molecule has 0 spiro atoms. The molecule has 1 aliphatic rings. The lowest BCUT2D eigenvalue weighted by Gasteiger charge is -2.38. The molecule has 3 rings (SSSR count). The highest BCUT2D eigenvalue weighted by Gasteiger charge is 2.34. The Labute approximate surface area is 147 Å². The van der Waals surface area contributed by atoms with E-state index in [2.05, 4.69) is 15.3 Å². The average molecular weight is 341 g/mol. The number of nitrogens with zero attached hydrogens (tertiary/aromatic N) is 2. The molecule has 1 aromatic heterocycles. The van der Waals surface area contributed by atoms with Gasteiger partial charge >= 0.3 is 0 Å². The fourth-order valence-electron chi connectivity index (χ4n) is 3.05. The van der Waals surface area contributed by atoms with Crippen molar-refractivity contribution in [3.05, 3.63) is 48.0 Å². The molecule has 0 fully saturated rings. The maximum absolute atomic E-state index is 12.4. The van der Waals surface area contributed by atoms with E-state index in [1.807, 2.05) is 32.0 Å². The Bertz CT molecular complexity index is 747. The van der Waals surface area contributed by atoms with Crippen LogP contribution in [0.5, 0.6) is 11.5 Å². The summed E-state index contributed by atoms with van der Waals surface area (Å²) < 4.78 is 11.3. The van der Waals surface area contributed by atoms with E-state index in [9.17, 15) is 4.79 Å². The summed E-state index contributed by atoms with van der Waals surface area (Å²) in [4.78, 5) is 20.6. The second-order valence-corrected chi connectivity index (χ2v) is 6.79. The van der Waals surface area contributed by atoms with Crippen LogP contribution in [0, 0.1) is 0 Å². The summed E-state index contributed by atoms with van der Waals surface area (Å²) in [5.41, 5.74) is 1.44. The first-order valence-electron chi connectivity index (χ1n) is 8.38. The predicted molar refractivity (Wildman–Crippen MR) is 93.6 cm³/mol. The van der Waals surface area contributed by atoms with Crippen molar-refractivity contribution in [1.82, 2.24) is 15.3 Å². The number of ether oxygens (including phenoxy) is 2. The second-order valence-electron chi connectivity index (χ2n) is 6.79. The van der Waals surface area contributed by atoms with Crippen LogP contribution in [-0.4, -0.2) is 28.6 Å². The van der Waals surface area contributed by atoms with E-state index in [1.165, 1.54) is 0 Å². The molecule has 1 atom stereocenters. The lowest BCUT2D eigenvalue weighted by Crippen LogP contribution is -2.41. The largest absolute Gasteiger partial charge is 0.497 e. The van der Waals surface area contributed by atoms with Gasteiger partial charge in [-0.05, 0) is 32.4 Å². The monoisotopic (exact) mass is 341 g/mol. The van der Waals surface area contributed by atoms with E-state index in [-0.39, 0.29) is 17.6 Å². The number of nitrogens with one attached hydrogen (secondary N) is 1. The number of aromatic nitrogens is 2. The molecule has 0 radical (unpaired) electrons. The van der Waals surface area contributed by atoms with Crippen molar-refractivity contribution < 1.29 is 14.3 Å². The topological polar surface area (TPSA) is 73.3 Å². The van der Waals surface area contributed by atoms with E-state index in [1.54, 1.807) is 25.7 Å². The fraction of sp³-hybridized carbons (Fsp3) is 0.421. The van der Waals surface area contributed by atoms with Gasteiger partial charge in [0.1, 0.15) is 17.1 Å². The lowest BCUT2D eigenvalue weighted by molar-refractivity contribution is -0.122. The zero-order valence-electron chi connectivity index (χ0n) is 14.8. The highest BCUT2D eigenvalue weighted by Crippen LogP contribution is 2.41. The van der Waals surface area contributed by atoms with Crippen molar-refractivity contribution in [2.75, 3.05) is 7.11 Å². The highest BCUT2D eigenvalue weighted by atomic mass is 16.5. The quantitative estimate of drug-likeness (QED) is 0.905. The van der Waals surface area contributed by atoms with E-state index in [0.29, 0.717) is 19.3 Å². The zero-order valence-corrected chi connectivity index (χ0v) is 14.8. The van der Waals surface area contributed by atoms with Crippen molar-refractivity contribution in [3.8, 4) is 11.5 Å². The van der Waals surface area contributed by atoms with Crippen LogP contribution >= 0.6 is 0 Å². The second kappa shape index (κ2) is 7.09. The summed E-state index contributed by atoms with van der Waals surface area (Å²) in [6, 6.07) is 5.63. The fourth-order valence-corrected chi connectivity index (χ4v) is 3.05. The molecular formula is C19H23N3O3. The number of methoxy groups -OCH3 is 1. The molecule has 1 amide bonds. The number of fused-ring (bicyclic) bond motifs is 1. The van der Waals surface area contributed by atoms with Gasteiger partial charge in [-0.1, -0.05) is 0 Å². The van der Waals surface area contributed by atoms with E-state index >= 15 is 0 Å². The van der Waals surface area contributed by atoms with E-state index < -0.39 is 0 Å². The van der Waals surface area contributed by atoms with Gasteiger partial charge in [0, 0.05) is 43.1 Å². The molecule has 0 aliphatic carbocycles. The van der Waals surface area contributed by atoms with Crippen LogP contribution < -0.4 is 14.8 Å². The maximum atomic E-state index is 12.4. The number of benzene rings is 1. The minimum Gasteiger partial charge on any atom is -0.497 e. The van der Waals surface area contributed by atoms with Gasteiger partial charge < -0.3 is 14.8 Å². The third-order valence-corrected chi connectivity index (χ3v) is 4.24. The number of amides is 1. The number of hydrogen-bond acceptors (Lipinski definition) is 5. The molecule has 0 saturated heterocycles. The molecule has 1 N–H and O–H groups in total. The molecule has 2 aromatic rings. The van der Waals surface area contributed by atoms with E-state index in [0.717, 1.165) is 22.8 Å². The third kappa shape index (κ3) is 4.26. The SMILES string of the molecule is COc1ccc2c(c1)OC(C)(C)CC2NC(=O)CCc1cnccn1. The Kier molecular flexibility index (Phi) is 4.88. The van der Waals surface area contributed by atoms with Crippen LogP contribution in [0.4, 0.5) is 0 Å². The minimum absolute atomic E-state index is 0.00452. The lowest BCUT2D eigenvalue weighted by atomic mass is 9.89. The molecule has 1 aromatic carbocycles. The molecule has 6 heteroatoms. The van der Waals surface area contributed by atoms with Crippen molar-refractivity contribution >= 4 is 5.91 Å². The van der Waals surface area contributed by atoms with E-state index in [4.69, 9.17) is 9.47 Å². The van der Waals surface area contributed by atoms with Gasteiger partial charge in [-0.2, -0.15) is 0 Å². The highest BCUT2D eigenvalue weighted by molar-refractivity contribution is 5.77. The Hall–Kier alpha value is -2.63. The summed E-state index contributed by atoms with van der Waals surface area (Å²) in [7, 11) is 1.63. The van der Waals surface area contributed by atoms with Crippen molar-refractivity contribution in [2.24, 2.45) is 0 Å². The Morgan fingerprint density at radius 3 is 2.96 bits per heavy atom. The Morgan fingerprint density at radius 2 is 2.24 bits per heavy atom. The third-order valence-electron chi connectivity index (χ3n) is 4.24. The molecule has 2 heterocycles. The summed E-state index contributed by atoms with van der Waals surface area (Å²) in [6.07, 6.45) is 6.61. The van der Waals surface area contributed by atoms with Crippen molar-refractivity contribution in [3.63, 3.8) is 0 Å². The summed E-state index contributed by atoms with van der Waals surface area (Å²) in [5, 5.41) is 3.13. The standard InChI is InChI=1S/C19H23N3O3/c1-19(2)11-16(15-6-5-14(24-3)10-17(15)25-19)22-18(23)7-4-13-12-20-8-9-21-13/h5-6,8-10,12,16H,4,7,11H2,1-3H3,(H,22,23). The summed E-state index contributed by atoms with van der Waals surface area (Å²) >= 11 is 0. The van der Waals surface area contributed by atoms with Crippen LogP contribution in [0.15, 0.2) is 36.8 Å². The number of aryl methyl sites for hydroxylation is 1. The van der Waals surface area contributed by atoms with Gasteiger partial charge in [-0.25, -0.2) is 0 Å². The first kappa shape index (κ1) is 17.2.